The molecule has 0 fully saturated rings. The van der Waals surface area contributed by atoms with E-state index in [0.29, 0.717) is 0 Å². The maximum absolute atomic E-state index is 5.14. The molecule has 0 saturated carbocycles. The summed E-state index contributed by atoms with van der Waals surface area (Å²) in [5.41, 5.74) is 1.05. The maximum atomic E-state index is 5.14. The fourth-order valence-electron chi connectivity index (χ4n) is 0.983. The van der Waals surface area contributed by atoms with E-state index in [2.05, 4.69) is 16.3 Å². The topological polar surface area (TPSA) is 29.9 Å². The Morgan fingerprint density at radius 1 is 1.75 bits per heavy atom. The lowest BCUT2D eigenvalue weighted by molar-refractivity contribution is 0.613. The normalized spacial score (nSPS) is 9.67. The van der Waals surface area contributed by atoms with Crippen LogP contribution >= 0.6 is 0 Å². The molecule has 3 heteroatoms. The van der Waals surface area contributed by atoms with Crippen molar-refractivity contribution >= 4 is 0 Å². The molecule has 1 rings (SSSR count). The Balaban J connectivity index is 2.47. The third-order valence-electron chi connectivity index (χ3n) is 1.54. The van der Waals surface area contributed by atoms with Crippen molar-refractivity contribution in [3.05, 3.63) is 18.0 Å². The smallest absolute Gasteiger partial charge is 0.0762 e. The average Bonchev–Trinajstić information content (AvgIpc) is 2.50. The Morgan fingerprint density at radius 2 is 2.58 bits per heavy atom. The third-order valence-corrected chi connectivity index (χ3v) is 1.54. The summed E-state index contributed by atoms with van der Waals surface area (Å²) >= 11 is 0. The monoisotopic (exact) mass is 163 g/mol. The molecule has 0 aliphatic rings. The van der Waals surface area contributed by atoms with Gasteiger partial charge in [-0.2, -0.15) is 5.10 Å². The maximum Gasteiger partial charge on any atom is 0.0762 e. The first-order valence-electron chi connectivity index (χ1n) is 3.97. The molecular weight excluding hydrogens is 150 g/mol. The SMILES string of the molecule is C#CCCn1ccc(CNC)n1. The van der Waals surface area contributed by atoms with E-state index in [1.165, 1.54) is 0 Å². The van der Waals surface area contributed by atoms with Gasteiger partial charge in [-0.15, -0.1) is 12.3 Å². The van der Waals surface area contributed by atoms with Gasteiger partial charge in [0.2, 0.25) is 0 Å². The summed E-state index contributed by atoms with van der Waals surface area (Å²) in [7, 11) is 1.90. The molecule has 1 heterocycles. The molecule has 0 unspecified atom stereocenters. The fraction of sp³-hybridized carbons (Fsp3) is 0.444. The van der Waals surface area contributed by atoms with Crippen LogP contribution in [-0.2, 0) is 13.1 Å². The lowest BCUT2D eigenvalue weighted by Gasteiger charge is -1.95. The van der Waals surface area contributed by atoms with Gasteiger partial charge in [-0.05, 0) is 13.1 Å². The molecule has 64 valence electrons. The first-order valence-corrected chi connectivity index (χ1v) is 3.97. The molecule has 1 aromatic heterocycles. The summed E-state index contributed by atoms with van der Waals surface area (Å²) in [5.74, 6) is 2.58. The van der Waals surface area contributed by atoms with Gasteiger partial charge in [-0.25, -0.2) is 0 Å². The highest BCUT2D eigenvalue weighted by molar-refractivity contribution is 4.98. The van der Waals surface area contributed by atoms with E-state index in [-0.39, 0.29) is 0 Å². The van der Waals surface area contributed by atoms with Crippen molar-refractivity contribution in [2.45, 2.75) is 19.5 Å². The summed E-state index contributed by atoms with van der Waals surface area (Å²) < 4.78 is 1.87. The number of aryl methyl sites for hydroxylation is 1. The highest BCUT2D eigenvalue weighted by atomic mass is 15.3. The molecule has 0 spiro atoms. The Bertz CT molecular complexity index is 270. The van der Waals surface area contributed by atoms with Gasteiger partial charge in [0.05, 0.1) is 12.2 Å². The molecule has 0 atom stereocenters. The Hall–Kier alpha value is -1.27. The third kappa shape index (κ3) is 2.40. The number of aromatic nitrogens is 2. The molecule has 0 radical (unpaired) electrons. The Morgan fingerprint density at radius 3 is 3.25 bits per heavy atom. The molecule has 0 amide bonds. The van der Waals surface area contributed by atoms with Crippen molar-refractivity contribution in [2.24, 2.45) is 0 Å². The van der Waals surface area contributed by atoms with Gasteiger partial charge in [-0.1, -0.05) is 0 Å². The Labute approximate surface area is 72.8 Å². The highest BCUT2D eigenvalue weighted by Gasteiger charge is 1.95. The van der Waals surface area contributed by atoms with Crippen LogP contribution in [0.25, 0.3) is 0 Å². The predicted molar refractivity (Wildman–Crippen MR) is 48.4 cm³/mol. The van der Waals surface area contributed by atoms with Crippen LogP contribution in [-0.4, -0.2) is 16.8 Å². The molecule has 1 aromatic rings. The van der Waals surface area contributed by atoms with Crippen molar-refractivity contribution in [2.75, 3.05) is 7.05 Å². The second kappa shape index (κ2) is 4.58. The number of hydrogen-bond donors (Lipinski definition) is 1. The minimum Gasteiger partial charge on any atom is -0.314 e. The van der Waals surface area contributed by atoms with Crippen molar-refractivity contribution in [3.63, 3.8) is 0 Å². The number of nitrogens with zero attached hydrogens (tertiary/aromatic N) is 2. The van der Waals surface area contributed by atoms with E-state index in [0.717, 1.165) is 25.2 Å². The minimum atomic E-state index is 0.737. The van der Waals surface area contributed by atoms with Crippen molar-refractivity contribution in [1.29, 1.82) is 0 Å². The number of hydrogen-bond acceptors (Lipinski definition) is 2. The molecule has 3 nitrogen and oxygen atoms in total. The van der Waals surface area contributed by atoms with Crippen LogP contribution in [0.1, 0.15) is 12.1 Å². The number of rotatable bonds is 4. The molecule has 12 heavy (non-hydrogen) atoms. The zero-order valence-corrected chi connectivity index (χ0v) is 7.25. The molecule has 0 bridgehead atoms. The molecule has 0 saturated heterocycles. The largest absolute Gasteiger partial charge is 0.314 e. The van der Waals surface area contributed by atoms with Crippen molar-refractivity contribution < 1.29 is 0 Å². The lowest BCUT2D eigenvalue weighted by Crippen LogP contribution is -2.06. The molecule has 1 N–H and O–H groups in total. The van der Waals surface area contributed by atoms with Crippen LogP contribution in [0.4, 0.5) is 0 Å². The van der Waals surface area contributed by atoms with Gasteiger partial charge in [0.15, 0.2) is 0 Å². The molecule has 0 aromatic carbocycles. The van der Waals surface area contributed by atoms with Gasteiger partial charge >= 0.3 is 0 Å². The highest BCUT2D eigenvalue weighted by Crippen LogP contribution is 1.95. The second-order valence-corrected chi connectivity index (χ2v) is 2.55. The van der Waals surface area contributed by atoms with Gasteiger partial charge in [-0.3, -0.25) is 4.68 Å². The van der Waals surface area contributed by atoms with Gasteiger partial charge in [0.25, 0.3) is 0 Å². The van der Waals surface area contributed by atoms with Crippen LogP contribution in [0.5, 0.6) is 0 Å². The summed E-state index contributed by atoms with van der Waals surface area (Å²) in [5, 5.41) is 7.33. The van der Waals surface area contributed by atoms with E-state index in [4.69, 9.17) is 6.42 Å². The van der Waals surface area contributed by atoms with Gasteiger partial charge < -0.3 is 5.32 Å². The second-order valence-electron chi connectivity index (χ2n) is 2.55. The quantitative estimate of drug-likeness (QED) is 0.660. The van der Waals surface area contributed by atoms with Gasteiger partial charge in [0.1, 0.15) is 0 Å². The molecule has 0 aliphatic carbocycles. The van der Waals surface area contributed by atoms with Crippen molar-refractivity contribution in [1.82, 2.24) is 15.1 Å². The summed E-state index contributed by atoms with van der Waals surface area (Å²) in [4.78, 5) is 0. The number of nitrogens with one attached hydrogen (secondary N) is 1. The molecular formula is C9H13N3. The first-order chi connectivity index (χ1) is 5.86. The van der Waals surface area contributed by atoms with Crippen LogP contribution in [0, 0.1) is 12.3 Å². The van der Waals surface area contributed by atoms with Crippen LogP contribution in [0.15, 0.2) is 12.3 Å². The number of terminal acetylenes is 1. The van der Waals surface area contributed by atoms with E-state index in [9.17, 15) is 0 Å². The zero-order valence-electron chi connectivity index (χ0n) is 7.25. The standard InChI is InChI=1S/C9H13N3/c1-3-4-6-12-7-5-9(11-12)8-10-2/h1,5,7,10H,4,6,8H2,2H3. The minimum absolute atomic E-state index is 0.737. The molecule has 0 aliphatic heterocycles. The van der Waals surface area contributed by atoms with E-state index in [1.807, 2.05) is 24.0 Å². The first kappa shape index (κ1) is 8.82. The summed E-state index contributed by atoms with van der Waals surface area (Å²) in [6, 6.07) is 1.99. The van der Waals surface area contributed by atoms with E-state index >= 15 is 0 Å². The average molecular weight is 163 g/mol. The van der Waals surface area contributed by atoms with Crippen LogP contribution < -0.4 is 5.32 Å². The predicted octanol–water partition coefficient (Wildman–Crippen LogP) is 0.626. The zero-order chi connectivity index (χ0) is 8.81. The van der Waals surface area contributed by atoms with Crippen molar-refractivity contribution in [3.8, 4) is 12.3 Å². The lowest BCUT2D eigenvalue weighted by atomic mass is 10.4. The van der Waals surface area contributed by atoms with E-state index in [1.54, 1.807) is 0 Å². The fourth-order valence-corrected chi connectivity index (χ4v) is 0.983. The summed E-state index contributed by atoms with van der Waals surface area (Å²) in [6.07, 6.45) is 7.82. The Kier molecular flexibility index (Phi) is 3.36. The van der Waals surface area contributed by atoms with E-state index < -0.39 is 0 Å². The van der Waals surface area contributed by atoms with Crippen LogP contribution in [0.2, 0.25) is 0 Å². The summed E-state index contributed by atoms with van der Waals surface area (Å²) in [6.45, 7) is 1.61. The van der Waals surface area contributed by atoms with Gasteiger partial charge in [0, 0.05) is 19.2 Å². The van der Waals surface area contributed by atoms with Crippen LogP contribution in [0.3, 0.4) is 0 Å².